The van der Waals surface area contributed by atoms with Gasteiger partial charge in [-0.1, -0.05) is 30.3 Å². The van der Waals surface area contributed by atoms with Gasteiger partial charge in [-0.3, -0.25) is 10.5 Å². The summed E-state index contributed by atoms with van der Waals surface area (Å²) in [7, 11) is 0. The largest absolute Gasteiger partial charge is 0.320 e. The predicted octanol–water partition coefficient (Wildman–Crippen LogP) is 0.670. The monoisotopic (exact) mass is 245 g/mol. The van der Waals surface area contributed by atoms with E-state index in [1.54, 1.807) is 0 Å². The SMILES string of the molecule is CC(=O)C1(N)NC(=O)NC=C1Cc1ccccc1. The van der Waals surface area contributed by atoms with Crippen molar-refractivity contribution in [3.8, 4) is 0 Å². The molecule has 94 valence electrons. The second-order valence-corrected chi connectivity index (χ2v) is 4.29. The number of ketones is 1. The highest BCUT2D eigenvalue weighted by Gasteiger charge is 2.39. The molecule has 2 rings (SSSR count). The third kappa shape index (κ3) is 2.26. The van der Waals surface area contributed by atoms with Crippen LogP contribution in [0, 0.1) is 0 Å². The molecule has 0 saturated heterocycles. The predicted molar refractivity (Wildman–Crippen MR) is 67.5 cm³/mol. The number of hydrogen-bond acceptors (Lipinski definition) is 3. The minimum absolute atomic E-state index is 0.292. The number of benzene rings is 1. The van der Waals surface area contributed by atoms with Crippen molar-refractivity contribution in [2.45, 2.75) is 19.0 Å². The number of carbonyl (C=O) groups excluding carboxylic acids is 2. The van der Waals surface area contributed by atoms with E-state index in [4.69, 9.17) is 5.73 Å². The van der Waals surface area contributed by atoms with E-state index in [0.717, 1.165) is 5.56 Å². The fourth-order valence-corrected chi connectivity index (χ4v) is 1.88. The van der Waals surface area contributed by atoms with Crippen molar-refractivity contribution in [2.75, 3.05) is 0 Å². The van der Waals surface area contributed by atoms with Gasteiger partial charge in [-0.2, -0.15) is 0 Å². The molecule has 0 radical (unpaired) electrons. The van der Waals surface area contributed by atoms with Crippen LogP contribution in [0.3, 0.4) is 0 Å². The van der Waals surface area contributed by atoms with Gasteiger partial charge in [-0.15, -0.1) is 0 Å². The fraction of sp³-hybridized carbons (Fsp3) is 0.231. The van der Waals surface area contributed by atoms with E-state index in [1.165, 1.54) is 13.1 Å². The average Bonchev–Trinajstić information content (AvgIpc) is 2.34. The summed E-state index contributed by atoms with van der Waals surface area (Å²) in [5.74, 6) is -0.292. The van der Waals surface area contributed by atoms with Gasteiger partial charge in [0.15, 0.2) is 11.4 Å². The maximum Gasteiger partial charge on any atom is 0.320 e. The number of nitrogens with one attached hydrogen (secondary N) is 2. The van der Waals surface area contributed by atoms with Crippen LogP contribution in [0.15, 0.2) is 42.1 Å². The van der Waals surface area contributed by atoms with Crippen LogP contribution in [-0.2, 0) is 11.2 Å². The van der Waals surface area contributed by atoms with Crippen molar-refractivity contribution in [3.05, 3.63) is 47.7 Å². The van der Waals surface area contributed by atoms with Gasteiger partial charge in [-0.25, -0.2) is 4.79 Å². The van der Waals surface area contributed by atoms with Crippen molar-refractivity contribution in [1.29, 1.82) is 0 Å². The first-order valence-electron chi connectivity index (χ1n) is 5.64. The van der Waals surface area contributed by atoms with E-state index >= 15 is 0 Å². The molecule has 5 heteroatoms. The number of hydrogen-bond donors (Lipinski definition) is 3. The van der Waals surface area contributed by atoms with Crippen molar-refractivity contribution in [2.24, 2.45) is 5.73 Å². The van der Waals surface area contributed by atoms with Crippen LogP contribution in [0.5, 0.6) is 0 Å². The van der Waals surface area contributed by atoms with Crippen molar-refractivity contribution in [1.82, 2.24) is 10.6 Å². The molecule has 1 aromatic rings. The Morgan fingerprint density at radius 1 is 1.33 bits per heavy atom. The maximum absolute atomic E-state index is 11.7. The molecule has 1 heterocycles. The fourth-order valence-electron chi connectivity index (χ4n) is 1.88. The second kappa shape index (κ2) is 4.62. The molecule has 0 spiro atoms. The van der Waals surface area contributed by atoms with Gasteiger partial charge in [0.25, 0.3) is 0 Å². The molecule has 5 nitrogen and oxygen atoms in total. The molecule has 1 aliphatic rings. The van der Waals surface area contributed by atoms with Crippen molar-refractivity contribution in [3.63, 3.8) is 0 Å². The van der Waals surface area contributed by atoms with Gasteiger partial charge in [0.1, 0.15) is 0 Å². The number of amides is 2. The van der Waals surface area contributed by atoms with Gasteiger partial charge >= 0.3 is 6.03 Å². The Balaban J connectivity index is 2.30. The molecule has 0 fully saturated rings. The first kappa shape index (κ1) is 12.3. The van der Waals surface area contributed by atoms with E-state index in [2.05, 4.69) is 10.6 Å². The summed E-state index contributed by atoms with van der Waals surface area (Å²) in [5.41, 5.74) is 6.24. The van der Waals surface area contributed by atoms with E-state index in [9.17, 15) is 9.59 Å². The highest BCUT2D eigenvalue weighted by molar-refractivity contribution is 5.95. The molecule has 1 aliphatic heterocycles. The van der Waals surface area contributed by atoms with Gasteiger partial charge in [0, 0.05) is 6.20 Å². The smallest absolute Gasteiger partial charge is 0.315 e. The lowest BCUT2D eigenvalue weighted by Gasteiger charge is -2.33. The Bertz CT molecular complexity index is 510. The molecule has 2 amide bonds. The number of urea groups is 1. The lowest BCUT2D eigenvalue weighted by atomic mass is 9.90. The molecule has 0 aliphatic carbocycles. The molecule has 1 unspecified atom stereocenters. The van der Waals surface area contributed by atoms with Crippen molar-refractivity contribution >= 4 is 11.8 Å². The summed E-state index contributed by atoms with van der Waals surface area (Å²) in [6.07, 6.45) is 2.01. The zero-order valence-electron chi connectivity index (χ0n) is 10.1. The van der Waals surface area contributed by atoms with Gasteiger partial charge in [0.05, 0.1) is 0 Å². The zero-order chi connectivity index (χ0) is 13.2. The third-order valence-corrected chi connectivity index (χ3v) is 2.99. The number of nitrogens with two attached hydrogens (primary N) is 1. The summed E-state index contributed by atoms with van der Waals surface area (Å²) in [4.78, 5) is 22.9. The minimum atomic E-state index is -1.42. The molecule has 4 N–H and O–H groups in total. The average molecular weight is 245 g/mol. The van der Waals surface area contributed by atoms with E-state index in [-0.39, 0.29) is 5.78 Å². The van der Waals surface area contributed by atoms with E-state index < -0.39 is 11.7 Å². The standard InChI is InChI=1S/C13H15N3O2/c1-9(17)13(14)11(8-15-12(18)16-13)7-10-5-3-2-4-6-10/h2-6,8H,7,14H2,1H3,(H2,15,16,18). The highest BCUT2D eigenvalue weighted by atomic mass is 16.2. The number of carbonyl (C=O) groups is 2. The van der Waals surface area contributed by atoms with Crippen molar-refractivity contribution < 1.29 is 9.59 Å². The number of Topliss-reactive ketones (excluding diaryl/α,β-unsaturated/α-hetero) is 1. The Labute approximate surface area is 105 Å². The lowest BCUT2D eigenvalue weighted by molar-refractivity contribution is -0.121. The zero-order valence-corrected chi connectivity index (χ0v) is 10.1. The summed E-state index contributed by atoms with van der Waals surface area (Å²) >= 11 is 0. The quantitative estimate of drug-likeness (QED) is 0.731. The second-order valence-electron chi connectivity index (χ2n) is 4.29. The molecule has 1 atom stereocenters. The summed E-state index contributed by atoms with van der Waals surface area (Å²) in [5, 5.41) is 4.99. The van der Waals surface area contributed by atoms with Crippen LogP contribution in [0.4, 0.5) is 4.79 Å². The van der Waals surface area contributed by atoms with Crippen LogP contribution >= 0.6 is 0 Å². The van der Waals surface area contributed by atoms with Gasteiger partial charge in [0.2, 0.25) is 0 Å². The van der Waals surface area contributed by atoms with Gasteiger partial charge < -0.3 is 10.6 Å². The maximum atomic E-state index is 11.7. The summed E-state index contributed by atoms with van der Waals surface area (Å²) in [6, 6.07) is 9.16. The first-order chi connectivity index (χ1) is 8.52. The van der Waals surface area contributed by atoms with Crippen LogP contribution in [-0.4, -0.2) is 17.5 Å². The van der Waals surface area contributed by atoms with Crippen LogP contribution in [0.2, 0.25) is 0 Å². The van der Waals surface area contributed by atoms with Gasteiger partial charge in [-0.05, 0) is 24.5 Å². The molecule has 1 aromatic carbocycles. The molecular weight excluding hydrogens is 230 g/mol. The van der Waals surface area contributed by atoms with Crippen LogP contribution in [0.1, 0.15) is 12.5 Å². The summed E-state index contributed by atoms with van der Waals surface area (Å²) < 4.78 is 0. The molecule has 0 aromatic heterocycles. The highest BCUT2D eigenvalue weighted by Crippen LogP contribution is 2.19. The Morgan fingerprint density at radius 2 is 2.00 bits per heavy atom. The topological polar surface area (TPSA) is 84.2 Å². The molecule has 0 bridgehead atoms. The Hall–Kier alpha value is -2.14. The molecule has 0 saturated carbocycles. The first-order valence-corrected chi connectivity index (χ1v) is 5.64. The molecular formula is C13H15N3O2. The van der Waals surface area contributed by atoms with Crippen LogP contribution in [0.25, 0.3) is 0 Å². The Morgan fingerprint density at radius 3 is 2.61 bits per heavy atom. The normalized spacial score (nSPS) is 22.8. The number of rotatable bonds is 3. The van der Waals surface area contributed by atoms with E-state index in [1.807, 2.05) is 30.3 Å². The Kier molecular flexibility index (Phi) is 3.16. The minimum Gasteiger partial charge on any atom is -0.315 e. The van der Waals surface area contributed by atoms with E-state index in [0.29, 0.717) is 12.0 Å². The van der Waals surface area contributed by atoms with Crippen LogP contribution < -0.4 is 16.4 Å². The lowest BCUT2D eigenvalue weighted by Crippen LogP contribution is -2.66. The molecule has 18 heavy (non-hydrogen) atoms. The third-order valence-electron chi connectivity index (χ3n) is 2.99. The summed E-state index contributed by atoms with van der Waals surface area (Å²) in [6.45, 7) is 1.37.